The quantitative estimate of drug-likeness (QED) is 0.900. The molecular weight excluding hydrogens is 292 g/mol. The van der Waals surface area contributed by atoms with Crippen LogP contribution in [0.3, 0.4) is 0 Å². The smallest absolute Gasteiger partial charge is 0.244 e. The topological polar surface area (TPSA) is 89.3 Å². The van der Waals surface area contributed by atoms with Crippen LogP contribution < -0.4 is 5.32 Å². The van der Waals surface area contributed by atoms with Crippen LogP contribution in [0.15, 0.2) is 10.6 Å². The third-order valence-electron chi connectivity index (χ3n) is 3.98. The lowest BCUT2D eigenvalue weighted by Crippen LogP contribution is -2.36. The van der Waals surface area contributed by atoms with Crippen LogP contribution >= 0.6 is 0 Å². The first-order valence-corrected chi connectivity index (χ1v) is 9.06. The highest BCUT2D eigenvalue weighted by atomic mass is 32.2. The minimum atomic E-state index is -3.45. The lowest BCUT2D eigenvalue weighted by atomic mass is 9.91. The summed E-state index contributed by atoms with van der Waals surface area (Å²) in [5, 5.41) is 5.03. The minimum absolute atomic E-state index is 0.0943. The van der Waals surface area contributed by atoms with E-state index in [0.29, 0.717) is 5.69 Å². The maximum Gasteiger partial charge on any atom is 0.244 e. The van der Waals surface area contributed by atoms with Gasteiger partial charge in [-0.2, -0.15) is 0 Å². The monoisotopic (exact) mass is 314 g/mol. The predicted molar refractivity (Wildman–Crippen MR) is 79.7 cm³/mol. The molecule has 0 spiro atoms. The summed E-state index contributed by atoms with van der Waals surface area (Å²) in [5.74, 6) is -0.109. The Hall–Kier alpha value is -1.37. The molecule has 6 nitrogen and oxygen atoms in total. The molecule has 1 atom stereocenters. The second-order valence-corrected chi connectivity index (χ2v) is 8.16. The highest BCUT2D eigenvalue weighted by Crippen LogP contribution is 2.26. The molecule has 1 aliphatic carbocycles. The fourth-order valence-corrected chi connectivity index (χ4v) is 4.30. The van der Waals surface area contributed by atoms with E-state index < -0.39 is 21.0 Å². The van der Waals surface area contributed by atoms with Gasteiger partial charge in [0.05, 0.1) is 11.4 Å². The second kappa shape index (κ2) is 6.60. The van der Waals surface area contributed by atoms with Gasteiger partial charge in [0.25, 0.3) is 0 Å². The Morgan fingerprint density at radius 2 is 2.10 bits per heavy atom. The van der Waals surface area contributed by atoms with E-state index in [9.17, 15) is 13.2 Å². The van der Waals surface area contributed by atoms with E-state index in [1.165, 1.54) is 13.3 Å². The first-order chi connectivity index (χ1) is 9.88. The number of aromatic nitrogens is 1. The molecule has 7 heteroatoms. The molecule has 1 fully saturated rings. The normalized spacial score (nSPS) is 18.4. The van der Waals surface area contributed by atoms with E-state index in [-0.39, 0.29) is 17.6 Å². The zero-order valence-electron chi connectivity index (χ0n) is 12.5. The molecule has 21 heavy (non-hydrogen) atoms. The molecular formula is C14H22N2O4S. The number of sulfone groups is 1. The van der Waals surface area contributed by atoms with Crippen LogP contribution in [0.1, 0.15) is 44.7 Å². The van der Waals surface area contributed by atoms with Crippen LogP contribution in [0.4, 0.5) is 5.88 Å². The molecule has 1 aromatic heterocycles. The van der Waals surface area contributed by atoms with Crippen molar-refractivity contribution in [3.05, 3.63) is 11.8 Å². The predicted octanol–water partition coefficient (Wildman–Crippen LogP) is 2.31. The number of nitrogens with zero attached hydrogens (tertiary/aromatic N) is 1. The highest BCUT2D eigenvalue weighted by molar-refractivity contribution is 7.92. The zero-order valence-corrected chi connectivity index (χ0v) is 13.3. The minimum Gasteiger partial charge on any atom is -0.338 e. The molecule has 1 heterocycles. The molecule has 118 valence electrons. The zero-order chi connectivity index (χ0) is 15.5. The number of hydrogen-bond donors (Lipinski definition) is 1. The van der Waals surface area contributed by atoms with Crippen LogP contribution in [0.5, 0.6) is 0 Å². The number of nitrogens with one attached hydrogen (secondary N) is 1. The van der Waals surface area contributed by atoms with E-state index in [4.69, 9.17) is 4.52 Å². The molecule has 1 N–H and O–H groups in total. The summed E-state index contributed by atoms with van der Waals surface area (Å²) < 4.78 is 29.5. The molecule has 1 aliphatic rings. The molecule has 0 bridgehead atoms. The molecule has 2 rings (SSSR count). The molecule has 0 aliphatic heterocycles. The number of rotatable bonds is 5. The third-order valence-corrected chi connectivity index (χ3v) is 6.20. The summed E-state index contributed by atoms with van der Waals surface area (Å²) in [5.41, 5.74) is 0.628. The number of carbonyl (C=O) groups is 1. The van der Waals surface area contributed by atoms with Crippen molar-refractivity contribution in [1.29, 1.82) is 0 Å². The van der Waals surface area contributed by atoms with Gasteiger partial charge >= 0.3 is 0 Å². The first kappa shape index (κ1) is 16.0. The average molecular weight is 314 g/mol. The fourth-order valence-electron chi connectivity index (χ4n) is 2.64. The van der Waals surface area contributed by atoms with Gasteiger partial charge < -0.3 is 4.52 Å². The van der Waals surface area contributed by atoms with Gasteiger partial charge in [0, 0.05) is 6.07 Å². The van der Waals surface area contributed by atoms with Gasteiger partial charge in [-0.1, -0.05) is 24.4 Å². The lowest BCUT2D eigenvalue weighted by Gasteiger charge is -2.22. The molecule has 0 saturated heterocycles. The van der Waals surface area contributed by atoms with Gasteiger partial charge in [0.1, 0.15) is 5.25 Å². The number of carbonyl (C=O) groups excluding carboxylic acids is 1. The van der Waals surface area contributed by atoms with Crippen LogP contribution in [0.2, 0.25) is 0 Å². The van der Waals surface area contributed by atoms with Gasteiger partial charge in [-0.15, -0.1) is 0 Å². The van der Waals surface area contributed by atoms with E-state index in [2.05, 4.69) is 10.5 Å². The van der Waals surface area contributed by atoms with Crippen molar-refractivity contribution < 1.29 is 17.7 Å². The van der Waals surface area contributed by atoms with Crippen LogP contribution in [0, 0.1) is 12.8 Å². The summed E-state index contributed by atoms with van der Waals surface area (Å²) in [7, 11) is -3.45. The number of amides is 1. The lowest BCUT2D eigenvalue weighted by molar-refractivity contribution is -0.115. The summed E-state index contributed by atoms with van der Waals surface area (Å²) in [6, 6.07) is 1.55. The van der Waals surface area contributed by atoms with Crippen molar-refractivity contribution in [2.45, 2.75) is 51.2 Å². The summed E-state index contributed by atoms with van der Waals surface area (Å²) in [4.78, 5) is 12.0. The standard InChI is InChI=1S/C14H22N2O4S/c1-10-8-13(20-16-10)15-14(17)11(2)21(18,19)9-12-6-4-3-5-7-12/h8,11-12H,3-7,9H2,1-2H3,(H,15,17)/t11-/m0/s1. The van der Waals surface area contributed by atoms with Crippen LogP contribution in [0.25, 0.3) is 0 Å². The molecule has 0 unspecified atom stereocenters. The van der Waals surface area contributed by atoms with Crippen molar-refractivity contribution in [1.82, 2.24) is 5.16 Å². The molecule has 1 saturated carbocycles. The summed E-state index contributed by atoms with van der Waals surface area (Å²) >= 11 is 0. The summed E-state index contributed by atoms with van der Waals surface area (Å²) in [6.45, 7) is 3.15. The van der Waals surface area contributed by atoms with Crippen molar-refractivity contribution in [2.75, 3.05) is 11.1 Å². The van der Waals surface area contributed by atoms with Crippen LogP contribution in [-0.4, -0.2) is 30.5 Å². The Balaban J connectivity index is 1.96. The van der Waals surface area contributed by atoms with Gasteiger partial charge in [0.15, 0.2) is 9.84 Å². The van der Waals surface area contributed by atoms with Crippen molar-refractivity contribution >= 4 is 21.6 Å². The number of anilines is 1. The fraction of sp³-hybridized carbons (Fsp3) is 0.714. The van der Waals surface area contributed by atoms with Crippen molar-refractivity contribution in [3.63, 3.8) is 0 Å². The molecule has 0 aromatic carbocycles. The summed E-state index contributed by atoms with van der Waals surface area (Å²) in [6.07, 6.45) is 5.22. The highest BCUT2D eigenvalue weighted by Gasteiger charge is 2.31. The Morgan fingerprint density at radius 3 is 2.67 bits per heavy atom. The van der Waals surface area contributed by atoms with Crippen molar-refractivity contribution in [2.24, 2.45) is 5.92 Å². The van der Waals surface area contributed by atoms with Gasteiger partial charge in [-0.25, -0.2) is 8.42 Å². The third kappa shape index (κ3) is 4.30. The Labute approximate surface area is 125 Å². The second-order valence-electron chi connectivity index (χ2n) is 5.80. The Kier molecular flexibility index (Phi) is 5.03. The van der Waals surface area contributed by atoms with Gasteiger partial charge in [0.2, 0.25) is 11.8 Å². The van der Waals surface area contributed by atoms with E-state index in [1.807, 2.05) is 0 Å². The Morgan fingerprint density at radius 1 is 1.43 bits per heavy atom. The largest absolute Gasteiger partial charge is 0.338 e. The SMILES string of the molecule is Cc1cc(NC(=O)[C@H](C)S(=O)(=O)CC2CCCCC2)on1. The molecule has 1 amide bonds. The number of hydrogen-bond acceptors (Lipinski definition) is 5. The van der Waals surface area contributed by atoms with E-state index in [1.54, 1.807) is 13.0 Å². The maximum atomic E-state index is 12.3. The van der Waals surface area contributed by atoms with Crippen LogP contribution in [-0.2, 0) is 14.6 Å². The first-order valence-electron chi connectivity index (χ1n) is 7.34. The van der Waals surface area contributed by atoms with E-state index in [0.717, 1.165) is 25.7 Å². The molecule has 0 radical (unpaired) electrons. The van der Waals surface area contributed by atoms with Crippen molar-refractivity contribution in [3.8, 4) is 0 Å². The van der Waals surface area contributed by atoms with Gasteiger partial charge in [-0.05, 0) is 32.6 Å². The van der Waals surface area contributed by atoms with Gasteiger partial charge in [-0.3, -0.25) is 10.1 Å². The number of aryl methyl sites for hydroxylation is 1. The Bertz CT molecular complexity index is 588. The average Bonchev–Trinajstić information content (AvgIpc) is 2.83. The maximum absolute atomic E-state index is 12.3. The van der Waals surface area contributed by atoms with E-state index >= 15 is 0 Å². The molecule has 1 aromatic rings.